The summed E-state index contributed by atoms with van der Waals surface area (Å²) in [5.41, 5.74) is 1.96. The van der Waals surface area contributed by atoms with Gasteiger partial charge >= 0.3 is 0 Å². The predicted molar refractivity (Wildman–Crippen MR) is 81.0 cm³/mol. The molecule has 0 aliphatic rings. The largest absolute Gasteiger partial charge is 0.481 e. The van der Waals surface area contributed by atoms with Crippen LogP contribution < -0.4 is 10.1 Å². The zero-order valence-electron chi connectivity index (χ0n) is 12.6. The molecule has 0 heterocycles. The minimum Gasteiger partial charge on any atom is -0.481 e. The highest BCUT2D eigenvalue weighted by molar-refractivity contribution is 5.94. The molecule has 2 aromatic rings. The minimum atomic E-state index is -0.827. The molecule has 3 nitrogen and oxygen atoms in total. The van der Waals surface area contributed by atoms with Crippen molar-refractivity contribution in [2.24, 2.45) is 0 Å². The van der Waals surface area contributed by atoms with Crippen LogP contribution in [0.25, 0.3) is 0 Å². The molecule has 1 amide bonds. The molecular formula is C17H17F2NO2. The first-order chi connectivity index (χ1) is 10.3. The van der Waals surface area contributed by atoms with E-state index in [-0.39, 0.29) is 5.69 Å². The molecule has 2 rings (SSSR count). The van der Waals surface area contributed by atoms with Gasteiger partial charge in [0.05, 0.1) is 5.69 Å². The van der Waals surface area contributed by atoms with Crippen LogP contribution in [0, 0.1) is 25.5 Å². The molecular weight excluding hydrogens is 288 g/mol. The molecule has 2 aromatic carbocycles. The van der Waals surface area contributed by atoms with Gasteiger partial charge in [-0.05, 0) is 56.2 Å². The lowest BCUT2D eigenvalue weighted by Crippen LogP contribution is -2.30. The van der Waals surface area contributed by atoms with E-state index in [1.165, 1.54) is 6.07 Å². The van der Waals surface area contributed by atoms with E-state index in [1.807, 2.05) is 32.0 Å². The van der Waals surface area contributed by atoms with Gasteiger partial charge < -0.3 is 10.1 Å². The van der Waals surface area contributed by atoms with Crippen molar-refractivity contribution in [3.63, 3.8) is 0 Å². The summed E-state index contributed by atoms with van der Waals surface area (Å²) in [7, 11) is 0. The van der Waals surface area contributed by atoms with E-state index >= 15 is 0 Å². The summed E-state index contributed by atoms with van der Waals surface area (Å²) in [4.78, 5) is 12.0. The number of hydrogen-bond donors (Lipinski definition) is 1. The second-order valence-corrected chi connectivity index (χ2v) is 5.20. The zero-order chi connectivity index (χ0) is 16.3. The summed E-state index contributed by atoms with van der Waals surface area (Å²) >= 11 is 0. The Morgan fingerprint density at radius 3 is 2.32 bits per heavy atom. The van der Waals surface area contributed by atoms with Crippen molar-refractivity contribution >= 4 is 11.6 Å². The lowest BCUT2D eigenvalue weighted by molar-refractivity contribution is -0.122. The van der Waals surface area contributed by atoms with Gasteiger partial charge in [-0.1, -0.05) is 6.07 Å². The molecule has 22 heavy (non-hydrogen) atoms. The van der Waals surface area contributed by atoms with Crippen LogP contribution in [0.5, 0.6) is 5.75 Å². The summed E-state index contributed by atoms with van der Waals surface area (Å²) in [6.07, 6.45) is -0.814. The second kappa shape index (κ2) is 6.56. The monoisotopic (exact) mass is 305 g/mol. The molecule has 0 saturated heterocycles. The third-order valence-corrected chi connectivity index (χ3v) is 3.07. The number of anilines is 1. The Balaban J connectivity index is 2.05. The van der Waals surface area contributed by atoms with Crippen molar-refractivity contribution in [3.8, 4) is 5.75 Å². The topological polar surface area (TPSA) is 38.3 Å². The average molecular weight is 305 g/mol. The van der Waals surface area contributed by atoms with Crippen molar-refractivity contribution in [2.75, 3.05) is 5.32 Å². The van der Waals surface area contributed by atoms with Crippen LogP contribution in [0.3, 0.4) is 0 Å². The Hall–Kier alpha value is -2.43. The summed E-state index contributed by atoms with van der Waals surface area (Å²) in [5.74, 6) is -1.47. The van der Waals surface area contributed by atoms with Gasteiger partial charge in [-0.25, -0.2) is 8.78 Å². The maximum Gasteiger partial charge on any atom is 0.265 e. The molecule has 0 aliphatic heterocycles. The molecule has 5 heteroatoms. The lowest BCUT2D eigenvalue weighted by atomic mass is 10.1. The smallest absolute Gasteiger partial charge is 0.265 e. The molecule has 1 atom stereocenters. The number of nitrogens with one attached hydrogen (secondary N) is 1. The van der Waals surface area contributed by atoms with Crippen molar-refractivity contribution in [1.29, 1.82) is 0 Å². The molecule has 0 aliphatic carbocycles. The van der Waals surface area contributed by atoms with E-state index in [4.69, 9.17) is 4.74 Å². The van der Waals surface area contributed by atoms with E-state index in [1.54, 1.807) is 6.92 Å². The van der Waals surface area contributed by atoms with Gasteiger partial charge in [-0.3, -0.25) is 4.79 Å². The second-order valence-electron chi connectivity index (χ2n) is 5.20. The summed E-state index contributed by atoms with van der Waals surface area (Å²) in [6, 6.07) is 8.58. The van der Waals surface area contributed by atoms with Gasteiger partial charge in [0.1, 0.15) is 17.4 Å². The molecule has 0 radical (unpaired) electrons. The molecule has 116 valence electrons. The maximum atomic E-state index is 13.5. The van der Waals surface area contributed by atoms with E-state index in [0.717, 1.165) is 17.2 Å². The first-order valence-electron chi connectivity index (χ1n) is 6.86. The molecule has 0 aromatic heterocycles. The minimum absolute atomic E-state index is 0.0812. The standard InChI is InChI=1S/C17H17F2NO2/c1-10-6-11(2)8-14(7-10)22-12(3)17(21)20-16-5-4-13(18)9-15(16)19/h4-9,12H,1-3H3,(H,20,21)/t12-/m0/s1. The molecule has 0 saturated carbocycles. The number of benzene rings is 2. The van der Waals surface area contributed by atoms with Crippen LogP contribution in [-0.4, -0.2) is 12.0 Å². The first kappa shape index (κ1) is 15.9. The van der Waals surface area contributed by atoms with Crippen molar-refractivity contribution < 1.29 is 18.3 Å². The van der Waals surface area contributed by atoms with E-state index in [2.05, 4.69) is 5.32 Å². The fraction of sp³-hybridized carbons (Fsp3) is 0.235. The molecule has 0 unspecified atom stereocenters. The molecule has 0 bridgehead atoms. The third kappa shape index (κ3) is 4.04. The Morgan fingerprint density at radius 1 is 1.09 bits per heavy atom. The number of rotatable bonds is 4. The van der Waals surface area contributed by atoms with Gasteiger partial charge in [0, 0.05) is 6.07 Å². The summed E-state index contributed by atoms with van der Waals surface area (Å²) in [6.45, 7) is 5.42. The van der Waals surface area contributed by atoms with Crippen LogP contribution in [0.2, 0.25) is 0 Å². The van der Waals surface area contributed by atoms with Gasteiger partial charge in [-0.15, -0.1) is 0 Å². The lowest BCUT2D eigenvalue weighted by Gasteiger charge is -2.16. The fourth-order valence-corrected chi connectivity index (χ4v) is 2.08. The number of amides is 1. The van der Waals surface area contributed by atoms with Crippen LogP contribution >= 0.6 is 0 Å². The SMILES string of the molecule is Cc1cc(C)cc(O[C@@H](C)C(=O)Nc2ccc(F)cc2F)c1. The average Bonchev–Trinajstić information content (AvgIpc) is 2.40. The highest BCUT2D eigenvalue weighted by atomic mass is 19.1. The number of ether oxygens (including phenoxy) is 1. The number of halogens is 2. The molecule has 1 N–H and O–H groups in total. The normalized spacial score (nSPS) is 11.9. The number of hydrogen-bond acceptors (Lipinski definition) is 2. The summed E-state index contributed by atoms with van der Waals surface area (Å²) in [5, 5.41) is 2.38. The van der Waals surface area contributed by atoms with Crippen LogP contribution in [0.4, 0.5) is 14.5 Å². The van der Waals surface area contributed by atoms with Gasteiger partial charge in [0.25, 0.3) is 5.91 Å². The van der Waals surface area contributed by atoms with E-state index in [9.17, 15) is 13.6 Å². The maximum absolute atomic E-state index is 13.5. The molecule has 0 fully saturated rings. The Bertz CT molecular complexity index is 681. The molecule has 0 spiro atoms. The van der Waals surface area contributed by atoms with Crippen LogP contribution in [0.1, 0.15) is 18.1 Å². The Labute approximate surface area is 127 Å². The van der Waals surface area contributed by atoms with E-state index < -0.39 is 23.6 Å². The number of aryl methyl sites for hydroxylation is 2. The quantitative estimate of drug-likeness (QED) is 0.927. The van der Waals surface area contributed by atoms with Crippen molar-refractivity contribution in [3.05, 3.63) is 59.2 Å². The number of carbonyl (C=O) groups excluding carboxylic acids is 1. The summed E-state index contributed by atoms with van der Waals surface area (Å²) < 4.78 is 31.9. The van der Waals surface area contributed by atoms with Gasteiger partial charge in [0.2, 0.25) is 0 Å². The van der Waals surface area contributed by atoms with Gasteiger partial charge in [0.15, 0.2) is 6.10 Å². The first-order valence-corrected chi connectivity index (χ1v) is 6.86. The van der Waals surface area contributed by atoms with E-state index in [0.29, 0.717) is 11.8 Å². The number of carbonyl (C=O) groups is 1. The fourth-order valence-electron chi connectivity index (χ4n) is 2.08. The Kier molecular flexibility index (Phi) is 4.75. The van der Waals surface area contributed by atoms with Crippen LogP contribution in [-0.2, 0) is 4.79 Å². The highest BCUT2D eigenvalue weighted by Crippen LogP contribution is 2.19. The highest BCUT2D eigenvalue weighted by Gasteiger charge is 2.17. The Morgan fingerprint density at radius 2 is 1.73 bits per heavy atom. The van der Waals surface area contributed by atoms with Crippen molar-refractivity contribution in [2.45, 2.75) is 26.9 Å². The zero-order valence-corrected chi connectivity index (χ0v) is 12.6. The third-order valence-electron chi connectivity index (χ3n) is 3.07. The predicted octanol–water partition coefficient (Wildman–Crippen LogP) is 3.99. The van der Waals surface area contributed by atoms with Crippen LogP contribution in [0.15, 0.2) is 36.4 Å². The van der Waals surface area contributed by atoms with Gasteiger partial charge in [-0.2, -0.15) is 0 Å². The van der Waals surface area contributed by atoms with Crippen molar-refractivity contribution in [1.82, 2.24) is 0 Å².